The van der Waals surface area contributed by atoms with Crippen molar-refractivity contribution < 1.29 is 57.2 Å². The number of carbonyl (C=O) groups excluding carboxylic acids is 2. The number of rotatable bonds is 9. The van der Waals surface area contributed by atoms with E-state index < -0.39 is 73.7 Å². The molecule has 2 bridgehead atoms. The maximum Gasteiger partial charge on any atom is 0.313 e. The molecular formula is C30H33F7N2O6S. The van der Waals surface area contributed by atoms with E-state index in [1.54, 1.807) is 6.92 Å². The molecule has 2 aromatic carbocycles. The number of carboxylic acids is 1. The van der Waals surface area contributed by atoms with Gasteiger partial charge in [0.1, 0.15) is 16.5 Å². The van der Waals surface area contributed by atoms with Crippen LogP contribution in [0.3, 0.4) is 0 Å². The van der Waals surface area contributed by atoms with Crippen molar-refractivity contribution >= 4 is 33.7 Å². The van der Waals surface area contributed by atoms with E-state index in [0.717, 1.165) is 18.2 Å². The van der Waals surface area contributed by atoms with Crippen LogP contribution in [0.5, 0.6) is 11.5 Å². The zero-order valence-electron chi connectivity index (χ0n) is 24.8. The van der Waals surface area contributed by atoms with Crippen LogP contribution in [-0.2, 0) is 9.59 Å². The highest BCUT2D eigenvalue weighted by Gasteiger charge is 2.67. The lowest BCUT2D eigenvalue weighted by Gasteiger charge is -2.40. The average molecular weight is 683 g/mol. The molecule has 16 heteroatoms. The Hall–Kier alpha value is -3.69. The van der Waals surface area contributed by atoms with Crippen LogP contribution in [0.1, 0.15) is 62.2 Å². The first kappa shape index (κ1) is 33.7. The number of benzene rings is 2. The first-order valence-electron chi connectivity index (χ1n) is 14.6. The minimum absolute atomic E-state index is 0.119. The Morgan fingerprint density at radius 2 is 1.57 bits per heavy atom. The molecule has 3 fully saturated rings. The summed E-state index contributed by atoms with van der Waals surface area (Å²) < 4.78 is 107. The topological polar surface area (TPSA) is 114 Å². The monoisotopic (exact) mass is 682 g/mol. The van der Waals surface area contributed by atoms with E-state index in [9.17, 15) is 47.7 Å². The van der Waals surface area contributed by atoms with Crippen molar-refractivity contribution in [3.8, 4) is 11.5 Å². The van der Waals surface area contributed by atoms with Crippen LogP contribution in [0.4, 0.5) is 33.9 Å². The van der Waals surface area contributed by atoms with E-state index in [0.29, 0.717) is 44.9 Å². The Labute approximate surface area is 259 Å². The number of fused-ring (bicyclic) bond motifs is 2. The van der Waals surface area contributed by atoms with Crippen LogP contribution in [0, 0.1) is 34.8 Å². The maximum absolute atomic E-state index is 15.0. The van der Waals surface area contributed by atoms with Gasteiger partial charge in [0.2, 0.25) is 5.91 Å². The van der Waals surface area contributed by atoms with E-state index in [-0.39, 0.29) is 41.0 Å². The van der Waals surface area contributed by atoms with Crippen molar-refractivity contribution in [1.29, 1.82) is 0 Å². The van der Waals surface area contributed by atoms with Crippen LogP contribution in [0.25, 0.3) is 0 Å². The molecule has 3 aliphatic carbocycles. The number of hydrogen-bond acceptors (Lipinski definition) is 5. The molecule has 46 heavy (non-hydrogen) atoms. The van der Waals surface area contributed by atoms with Gasteiger partial charge in [0, 0.05) is 17.8 Å². The molecule has 3 aliphatic rings. The van der Waals surface area contributed by atoms with Gasteiger partial charge < -0.3 is 25.2 Å². The Balaban J connectivity index is 1.34. The molecule has 0 spiro atoms. The molecule has 0 aliphatic heterocycles. The molecule has 0 heterocycles. The van der Waals surface area contributed by atoms with Gasteiger partial charge in [-0.3, -0.25) is 14.4 Å². The molecule has 0 aromatic heterocycles. The Bertz CT molecular complexity index is 1580. The second-order valence-electron chi connectivity index (χ2n) is 12.6. The second-order valence-corrected chi connectivity index (χ2v) is 15.0. The number of nitrogens with one attached hydrogen (secondary N) is 2. The first-order valence-corrected chi connectivity index (χ1v) is 16.6. The molecule has 0 radical (unpaired) electrons. The number of halogens is 7. The summed E-state index contributed by atoms with van der Waals surface area (Å²) >= 11 is 0. The molecule has 3 N–H and O–H groups in total. The highest BCUT2D eigenvalue weighted by atomic mass is 32.5. The van der Waals surface area contributed by atoms with Crippen LogP contribution in [-0.4, -0.2) is 42.1 Å². The highest BCUT2D eigenvalue weighted by Crippen LogP contribution is 3.02. The van der Waals surface area contributed by atoms with Crippen LogP contribution in [0.15, 0.2) is 35.2 Å². The molecular weight excluding hydrogens is 649 g/mol. The minimum Gasteiger partial charge on any atom is -0.496 e. The van der Waals surface area contributed by atoms with Gasteiger partial charge in [-0.15, -0.1) is 0 Å². The quantitative estimate of drug-likeness (QED) is 0.233. The van der Waals surface area contributed by atoms with Gasteiger partial charge in [-0.05, 0) is 88.0 Å². The molecule has 0 unspecified atom stereocenters. The molecule has 0 saturated heterocycles. The fourth-order valence-electron chi connectivity index (χ4n) is 6.92. The maximum atomic E-state index is 15.0. The van der Waals surface area contributed by atoms with Gasteiger partial charge in [0.25, 0.3) is 5.91 Å². The van der Waals surface area contributed by atoms with Gasteiger partial charge in [-0.1, -0.05) is 19.4 Å². The summed E-state index contributed by atoms with van der Waals surface area (Å²) in [4.78, 5) is 35.7. The Morgan fingerprint density at radius 3 is 2.17 bits per heavy atom. The summed E-state index contributed by atoms with van der Waals surface area (Å²) in [6, 6.07) is 2.09. The summed E-state index contributed by atoms with van der Waals surface area (Å²) in [5, 5.41) is 14.4. The predicted molar refractivity (Wildman–Crippen MR) is 154 cm³/mol. The zero-order chi connectivity index (χ0) is 33.9. The summed E-state index contributed by atoms with van der Waals surface area (Å²) in [6.45, 7) is 1.63. The molecule has 254 valence electrons. The van der Waals surface area contributed by atoms with Crippen molar-refractivity contribution in [2.45, 2.75) is 68.9 Å². The lowest BCUT2D eigenvalue weighted by atomic mass is 9.75. The third kappa shape index (κ3) is 6.72. The predicted octanol–water partition coefficient (Wildman–Crippen LogP) is 7.83. The molecule has 2 amide bonds. The number of hydrogen-bond donors (Lipinski definition) is 3. The standard InChI is InChI=1S/C30H33F7N2O6S/c1-30(29(42)43)9-7-18(8-10-30)45-23-13-19(22(44-2)14-21(23)32)27(40)39-26-16-4-3-15(11-16)25(26)28(41)38-17-5-6-20(31)24(12-17)46(33,34,35,36)37/h5-6,12-16,18,25-26H,3-4,7-11H2,1-2H3,(H,38,41)(H,39,40)(H,42,43)/t15-,16+,18-,25-,26+,30+/m1/s1. The number of carbonyl (C=O) groups is 3. The van der Waals surface area contributed by atoms with Crippen molar-refractivity contribution in [3.63, 3.8) is 0 Å². The SMILES string of the molecule is COc1cc(F)c(O[C@H]2CC[C@@](C)(C(=O)O)CC2)cc1C(=O)N[C@H]1[C@H]2CC[C@H](C2)[C@H]1C(=O)Nc1ccc(F)c(S(F)(F)(F)(F)F)c1. The molecule has 4 atom stereocenters. The van der Waals surface area contributed by atoms with E-state index >= 15 is 0 Å². The van der Waals surface area contributed by atoms with Crippen molar-refractivity contribution in [2.24, 2.45) is 23.2 Å². The number of anilines is 1. The molecule has 8 nitrogen and oxygen atoms in total. The highest BCUT2D eigenvalue weighted by molar-refractivity contribution is 8.45. The largest absolute Gasteiger partial charge is 0.496 e. The number of aliphatic carboxylic acids is 1. The third-order valence-electron chi connectivity index (χ3n) is 9.48. The average Bonchev–Trinajstić information content (AvgIpc) is 3.56. The van der Waals surface area contributed by atoms with Crippen molar-refractivity contribution in [2.75, 3.05) is 12.4 Å². The fraction of sp³-hybridized carbons (Fsp3) is 0.500. The van der Waals surface area contributed by atoms with Crippen molar-refractivity contribution in [1.82, 2.24) is 5.32 Å². The molecule has 5 rings (SSSR count). The summed E-state index contributed by atoms with van der Waals surface area (Å²) in [5.74, 6) is -7.32. The summed E-state index contributed by atoms with van der Waals surface area (Å²) in [6.07, 6.45) is 2.53. The number of carboxylic acid groups (broad SMARTS) is 1. The Kier molecular flexibility index (Phi) is 8.01. The number of amides is 2. The van der Waals surface area contributed by atoms with E-state index in [2.05, 4.69) is 10.6 Å². The second kappa shape index (κ2) is 10.9. The summed E-state index contributed by atoms with van der Waals surface area (Å²) in [5.41, 5.74) is -1.72. The van der Waals surface area contributed by atoms with Gasteiger partial charge in [0.15, 0.2) is 11.6 Å². The molecule has 2 aromatic rings. The van der Waals surface area contributed by atoms with E-state index in [1.165, 1.54) is 7.11 Å². The minimum atomic E-state index is -10.4. The van der Waals surface area contributed by atoms with Gasteiger partial charge in [-0.2, -0.15) is 0 Å². The third-order valence-corrected chi connectivity index (χ3v) is 10.6. The van der Waals surface area contributed by atoms with Crippen LogP contribution in [0.2, 0.25) is 0 Å². The Morgan fingerprint density at radius 1 is 0.913 bits per heavy atom. The van der Waals surface area contributed by atoms with Crippen LogP contribution >= 0.6 is 10.2 Å². The lowest BCUT2D eigenvalue weighted by molar-refractivity contribution is -0.150. The first-order chi connectivity index (χ1) is 21.2. The normalized spacial score (nSPS) is 28.9. The number of ether oxygens (including phenoxy) is 2. The van der Waals surface area contributed by atoms with E-state index in [1.807, 2.05) is 0 Å². The smallest absolute Gasteiger partial charge is 0.313 e. The number of methoxy groups -OCH3 is 1. The van der Waals surface area contributed by atoms with Gasteiger partial charge >= 0.3 is 16.2 Å². The van der Waals surface area contributed by atoms with E-state index in [4.69, 9.17) is 9.47 Å². The fourth-order valence-corrected chi connectivity index (χ4v) is 7.71. The van der Waals surface area contributed by atoms with Gasteiger partial charge in [-0.25, -0.2) is 8.78 Å². The molecule has 3 saturated carbocycles. The summed E-state index contributed by atoms with van der Waals surface area (Å²) in [7, 11) is -9.18. The van der Waals surface area contributed by atoms with Crippen molar-refractivity contribution in [3.05, 3.63) is 47.5 Å². The van der Waals surface area contributed by atoms with Crippen LogP contribution < -0.4 is 20.1 Å². The lowest BCUT2D eigenvalue weighted by Crippen LogP contribution is -2.48. The van der Waals surface area contributed by atoms with Gasteiger partial charge in [0.05, 0.1) is 30.1 Å². The zero-order valence-corrected chi connectivity index (χ0v) is 25.6.